The minimum Gasteiger partial charge on any atom is -0.315 e. The highest BCUT2D eigenvalue weighted by molar-refractivity contribution is 8.00. The maximum atomic E-state index is 4.44. The molecule has 0 unspecified atom stereocenters. The smallest absolute Gasteiger partial charge is 0.143 e. The van der Waals surface area contributed by atoms with Gasteiger partial charge in [-0.25, -0.2) is 0 Å². The van der Waals surface area contributed by atoms with Crippen molar-refractivity contribution < 1.29 is 5.32 Å². The number of anilines is 1. The molecule has 4 heteroatoms. The summed E-state index contributed by atoms with van der Waals surface area (Å²) in [6.45, 7) is 0. The van der Waals surface area contributed by atoms with Gasteiger partial charge in [-0.3, -0.25) is 5.01 Å². The first kappa shape index (κ1) is 14.6. The van der Waals surface area contributed by atoms with Crippen molar-refractivity contribution in [1.29, 1.82) is 0 Å². The Bertz CT molecular complexity index is 555. The van der Waals surface area contributed by atoms with E-state index in [0.717, 1.165) is 11.4 Å². The van der Waals surface area contributed by atoms with Gasteiger partial charge < -0.3 is 5.32 Å². The number of thioether (sulfide) groups is 1. The summed E-state index contributed by atoms with van der Waals surface area (Å²) in [6.07, 6.45) is 1.95. The van der Waals surface area contributed by atoms with E-state index in [1.54, 1.807) is 11.8 Å². The van der Waals surface area contributed by atoms with Crippen LogP contribution in [0.3, 0.4) is 0 Å². The summed E-state index contributed by atoms with van der Waals surface area (Å²) in [5, 5.41) is 8.46. The van der Waals surface area contributed by atoms with E-state index in [0.29, 0.717) is 0 Å². The van der Waals surface area contributed by atoms with E-state index in [9.17, 15) is 0 Å². The number of para-hydroxylation sites is 2. The molecule has 2 N–H and O–H groups in total. The van der Waals surface area contributed by atoms with Gasteiger partial charge in [0.1, 0.15) is 5.69 Å². The minimum absolute atomic E-state index is 0.863. The summed E-state index contributed by atoms with van der Waals surface area (Å²) >= 11 is 1.80. The molecule has 0 aliphatic rings. The summed E-state index contributed by atoms with van der Waals surface area (Å²) in [4.78, 5) is 1.30. The fourth-order valence-electron chi connectivity index (χ4n) is 1.84. The number of nitrogens with two attached hydrogens (primary N) is 1. The van der Waals surface area contributed by atoms with E-state index in [1.165, 1.54) is 10.6 Å². The Morgan fingerprint density at radius 1 is 1.10 bits per heavy atom. The number of nitrogens with zero attached hydrogens (tertiary/aromatic N) is 2. The lowest BCUT2D eigenvalue weighted by molar-refractivity contribution is -0.541. The van der Waals surface area contributed by atoms with Crippen LogP contribution in [0.4, 0.5) is 11.4 Å². The van der Waals surface area contributed by atoms with Crippen LogP contribution in [0.5, 0.6) is 0 Å². The topological polar surface area (TPSA) is 32.2 Å². The molecule has 0 aromatic heterocycles. The van der Waals surface area contributed by atoms with Gasteiger partial charge >= 0.3 is 0 Å². The fourth-order valence-corrected chi connectivity index (χ4v) is 2.69. The molecule has 0 spiro atoms. The van der Waals surface area contributed by atoms with Crippen molar-refractivity contribution in [1.82, 2.24) is 0 Å². The molecule has 2 aromatic rings. The molecule has 0 saturated heterocycles. The Hall–Kier alpha value is -1.78. The number of quaternary nitrogens is 1. The molecule has 20 heavy (non-hydrogen) atoms. The Balaban J connectivity index is 1.88. The van der Waals surface area contributed by atoms with Gasteiger partial charge in [0.25, 0.3) is 0 Å². The highest BCUT2D eigenvalue weighted by atomic mass is 32.2. The van der Waals surface area contributed by atoms with Gasteiger partial charge in [-0.1, -0.05) is 30.3 Å². The Kier molecular flexibility index (Phi) is 5.65. The first-order valence-electron chi connectivity index (χ1n) is 6.63. The van der Waals surface area contributed by atoms with Crippen molar-refractivity contribution in [2.24, 2.45) is 5.10 Å². The number of rotatable bonds is 6. The van der Waals surface area contributed by atoms with Gasteiger partial charge in [0.2, 0.25) is 0 Å². The molecule has 0 radical (unpaired) electrons. The van der Waals surface area contributed by atoms with Gasteiger partial charge in [-0.2, -0.15) is 5.10 Å². The SMILES string of the molecule is C[NH2+]c1ccccc1SC/C=N/N(C)c1ccccc1. The Morgan fingerprint density at radius 2 is 1.80 bits per heavy atom. The molecular weight excluding hydrogens is 266 g/mol. The zero-order valence-electron chi connectivity index (χ0n) is 11.9. The van der Waals surface area contributed by atoms with Crippen LogP contribution in [-0.2, 0) is 0 Å². The molecule has 0 fully saturated rings. The highest BCUT2D eigenvalue weighted by Gasteiger charge is 2.02. The van der Waals surface area contributed by atoms with E-state index in [1.807, 2.05) is 48.6 Å². The first-order valence-corrected chi connectivity index (χ1v) is 7.62. The summed E-state index contributed by atoms with van der Waals surface area (Å²) in [5.74, 6) is 0.863. The zero-order chi connectivity index (χ0) is 14.2. The molecule has 104 valence electrons. The van der Waals surface area contributed by atoms with Crippen LogP contribution < -0.4 is 10.3 Å². The Morgan fingerprint density at radius 3 is 2.55 bits per heavy atom. The summed E-state index contributed by atoms with van der Waals surface area (Å²) in [5.41, 5.74) is 2.37. The molecule has 0 amide bonds. The minimum atomic E-state index is 0.863. The maximum absolute atomic E-state index is 4.44. The molecule has 3 nitrogen and oxygen atoms in total. The van der Waals surface area contributed by atoms with Crippen LogP contribution in [-0.4, -0.2) is 26.1 Å². The standard InChI is InChI=1S/C16H19N3S/c1-17-15-10-6-7-11-16(15)20-13-12-18-19(2)14-8-4-3-5-9-14/h3-12,17H,13H2,1-2H3/p+1/b18-12+. The van der Waals surface area contributed by atoms with Crippen molar-refractivity contribution in [3.8, 4) is 0 Å². The summed E-state index contributed by atoms with van der Waals surface area (Å²) < 4.78 is 0. The third-order valence-electron chi connectivity index (χ3n) is 2.93. The van der Waals surface area contributed by atoms with Crippen molar-refractivity contribution in [2.75, 3.05) is 24.9 Å². The van der Waals surface area contributed by atoms with E-state index >= 15 is 0 Å². The summed E-state index contributed by atoms with van der Waals surface area (Å²) in [6, 6.07) is 18.6. The Labute approximate surface area is 124 Å². The van der Waals surface area contributed by atoms with Crippen LogP contribution in [0, 0.1) is 0 Å². The van der Waals surface area contributed by atoms with Crippen LogP contribution in [0.1, 0.15) is 0 Å². The largest absolute Gasteiger partial charge is 0.315 e. The zero-order valence-corrected chi connectivity index (χ0v) is 12.7. The molecule has 0 saturated carbocycles. The van der Waals surface area contributed by atoms with Crippen molar-refractivity contribution in [2.45, 2.75) is 4.90 Å². The van der Waals surface area contributed by atoms with E-state index in [4.69, 9.17) is 0 Å². The predicted molar refractivity (Wildman–Crippen MR) is 88.0 cm³/mol. The first-order chi connectivity index (χ1) is 9.81. The van der Waals surface area contributed by atoms with Gasteiger partial charge in [-0.15, -0.1) is 11.8 Å². The average Bonchev–Trinajstić information content (AvgIpc) is 2.52. The van der Waals surface area contributed by atoms with Crippen molar-refractivity contribution in [3.63, 3.8) is 0 Å². The van der Waals surface area contributed by atoms with Crippen LogP contribution >= 0.6 is 11.8 Å². The normalized spacial score (nSPS) is 10.9. The molecule has 0 aliphatic carbocycles. The second-order valence-corrected chi connectivity index (χ2v) is 5.36. The van der Waals surface area contributed by atoms with Gasteiger partial charge in [-0.05, 0) is 18.2 Å². The number of hydrogen-bond donors (Lipinski definition) is 1. The van der Waals surface area contributed by atoms with Crippen molar-refractivity contribution >= 4 is 29.4 Å². The number of benzene rings is 2. The highest BCUT2D eigenvalue weighted by Crippen LogP contribution is 2.22. The quantitative estimate of drug-likeness (QED) is 0.383. The third kappa shape index (κ3) is 4.11. The molecular formula is C16H20N3S+. The van der Waals surface area contributed by atoms with E-state index in [-0.39, 0.29) is 0 Å². The molecule has 2 aromatic carbocycles. The average molecular weight is 286 g/mol. The second-order valence-electron chi connectivity index (χ2n) is 4.29. The maximum Gasteiger partial charge on any atom is 0.143 e. The lowest BCUT2D eigenvalue weighted by Gasteiger charge is -2.12. The number of hydrogen-bond acceptors (Lipinski definition) is 3. The molecule has 0 aliphatic heterocycles. The van der Waals surface area contributed by atoms with E-state index < -0.39 is 0 Å². The number of hydrazone groups is 1. The lowest BCUT2D eigenvalue weighted by atomic mass is 10.3. The summed E-state index contributed by atoms with van der Waals surface area (Å²) in [7, 11) is 4.03. The van der Waals surface area contributed by atoms with Gasteiger partial charge in [0.05, 0.1) is 17.6 Å². The molecule has 0 heterocycles. The van der Waals surface area contributed by atoms with Crippen molar-refractivity contribution in [3.05, 3.63) is 54.6 Å². The van der Waals surface area contributed by atoms with Crippen LogP contribution in [0.15, 0.2) is 64.6 Å². The van der Waals surface area contributed by atoms with Gasteiger partial charge in [0, 0.05) is 25.1 Å². The lowest BCUT2D eigenvalue weighted by Crippen LogP contribution is -2.72. The third-order valence-corrected chi connectivity index (χ3v) is 3.93. The van der Waals surface area contributed by atoms with Crippen LogP contribution in [0.2, 0.25) is 0 Å². The van der Waals surface area contributed by atoms with E-state index in [2.05, 4.69) is 41.7 Å². The fraction of sp³-hybridized carbons (Fsp3) is 0.188. The molecule has 2 rings (SSSR count). The predicted octanol–water partition coefficient (Wildman–Crippen LogP) is 2.73. The van der Waals surface area contributed by atoms with Crippen LogP contribution in [0.25, 0.3) is 0 Å². The monoisotopic (exact) mass is 286 g/mol. The molecule has 0 bridgehead atoms. The second kappa shape index (κ2) is 7.72. The van der Waals surface area contributed by atoms with Gasteiger partial charge in [0.15, 0.2) is 0 Å². The molecule has 0 atom stereocenters.